The third-order valence-electron chi connectivity index (χ3n) is 3.66. The predicted octanol–water partition coefficient (Wildman–Crippen LogP) is 4.80. The minimum Gasteiger partial charge on any atom is -0.462 e. The van der Waals surface area contributed by atoms with Crippen LogP contribution in [0.1, 0.15) is 17.3 Å². The van der Waals surface area contributed by atoms with Crippen molar-refractivity contribution in [3.63, 3.8) is 0 Å². The Morgan fingerprint density at radius 3 is 2.40 bits per heavy atom. The Bertz CT molecular complexity index is 961. The molecule has 0 radical (unpaired) electrons. The quantitative estimate of drug-likeness (QED) is 0.631. The van der Waals surface area contributed by atoms with E-state index in [9.17, 15) is 9.59 Å². The monoisotopic (exact) mass is 354 g/mol. The third kappa shape index (κ3) is 3.49. The van der Waals surface area contributed by atoms with E-state index < -0.39 is 11.6 Å². The Hall–Kier alpha value is -2.85. The predicted molar refractivity (Wildman–Crippen MR) is 96.8 cm³/mol. The van der Waals surface area contributed by atoms with Gasteiger partial charge >= 0.3 is 11.6 Å². The number of benzene rings is 2. The number of esters is 1. The van der Waals surface area contributed by atoms with Crippen molar-refractivity contribution in [2.24, 2.45) is 0 Å². The molecule has 0 aliphatic carbocycles. The highest BCUT2D eigenvalue weighted by molar-refractivity contribution is 6.33. The van der Waals surface area contributed by atoms with E-state index in [1.165, 1.54) is 0 Å². The summed E-state index contributed by atoms with van der Waals surface area (Å²) in [7, 11) is 0. The highest BCUT2D eigenvalue weighted by atomic mass is 35.5. The van der Waals surface area contributed by atoms with E-state index in [4.69, 9.17) is 20.8 Å². The van der Waals surface area contributed by atoms with Gasteiger partial charge in [0.1, 0.15) is 5.76 Å². The molecule has 0 fully saturated rings. The van der Waals surface area contributed by atoms with Gasteiger partial charge in [0.15, 0.2) is 5.56 Å². The van der Waals surface area contributed by atoms with Gasteiger partial charge in [-0.3, -0.25) is 0 Å². The van der Waals surface area contributed by atoms with Crippen molar-refractivity contribution in [3.05, 3.63) is 81.7 Å². The number of carbonyl (C=O) groups excluding carboxylic acids is 1. The Morgan fingerprint density at radius 1 is 1.04 bits per heavy atom. The van der Waals surface area contributed by atoms with Crippen LogP contribution in [0.3, 0.4) is 0 Å². The molecular weight excluding hydrogens is 340 g/mol. The lowest BCUT2D eigenvalue weighted by molar-refractivity contribution is 0.0522. The Labute approximate surface area is 149 Å². The van der Waals surface area contributed by atoms with Crippen LogP contribution in [-0.4, -0.2) is 12.6 Å². The number of carbonyl (C=O) groups is 1. The lowest BCUT2D eigenvalue weighted by Gasteiger charge is -2.10. The SMILES string of the molecule is CCOC(=O)c1c(-c2ccccc2)cc(-c2ccccc2Cl)oc1=O. The largest absolute Gasteiger partial charge is 0.462 e. The fraction of sp³-hybridized carbons (Fsp3) is 0.100. The number of ether oxygens (including phenoxy) is 1. The number of hydrogen-bond donors (Lipinski definition) is 0. The van der Waals surface area contributed by atoms with E-state index >= 15 is 0 Å². The molecule has 126 valence electrons. The fourth-order valence-corrected chi connectivity index (χ4v) is 2.76. The average Bonchev–Trinajstić information content (AvgIpc) is 2.62. The molecule has 0 bridgehead atoms. The minimum atomic E-state index is -0.755. The van der Waals surface area contributed by atoms with E-state index in [0.29, 0.717) is 27.5 Å². The molecule has 0 saturated carbocycles. The Morgan fingerprint density at radius 2 is 1.72 bits per heavy atom. The van der Waals surface area contributed by atoms with E-state index in [1.54, 1.807) is 37.3 Å². The van der Waals surface area contributed by atoms with Crippen LogP contribution in [0, 0.1) is 0 Å². The summed E-state index contributed by atoms with van der Waals surface area (Å²) in [6.07, 6.45) is 0. The highest BCUT2D eigenvalue weighted by Gasteiger charge is 2.22. The van der Waals surface area contributed by atoms with Crippen LogP contribution in [0.25, 0.3) is 22.5 Å². The maximum atomic E-state index is 12.5. The van der Waals surface area contributed by atoms with Gasteiger partial charge < -0.3 is 9.15 Å². The summed E-state index contributed by atoms with van der Waals surface area (Å²) in [6, 6.07) is 17.8. The van der Waals surface area contributed by atoms with Crippen LogP contribution in [0.2, 0.25) is 5.02 Å². The summed E-state index contributed by atoms with van der Waals surface area (Å²) in [4.78, 5) is 24.8. The first-order valence-corrected chi connectivity index (χ1v) is 8.15. The zero-order valence-electron chi connectivity index (χ0n) is 13.5. The van der Waals surface area contributed by atoms with Crippen LogP contribution < -0.4 is 5.63 Å². The molecule has 0 aliphatic rings. The Kier molecular flexibility index (Phi) is 5.00. The molecule has 4 nitrogen and oxygen atoms in total. The molecule has 0 saturated heterocycles. The second-order valence-electron chi connectivity index (χ2n) is 5.25. The highest BCUT2D eigenvalue weighted by Crippen LogP contribution is 2.31. The van der Waals surface area contributed by atoms with Crippen molar-refractivity contribution in [2.75, 3.05) is 6.61 Å². The molecule has 3 rings (SSSR count). The standard InChI is InChI=1S/C20H15ClO4/c1-2-24-19(22)18-15(13-8-4-3-5-9-13)12-17(25-20(18)23)14-10-6-7-11-16(14)21/h3-12H,2H2,1H3. The topological polar surface area (TPSA) is 56.5 Å². The lowest BCUT2D eigenvalue weighted by Crippen LogP contribution is -2.18. The first-order valence-electron chi connectivity index (χ1n) is 7.77. The van der Waals surface area contributed by atoms with Gasteiger partial charge in [-0.1, -0.05) is 54.1 Å². The van der Waals surface area contributed by atoms with Crippen molar-refractivity contribution >= 4 is 17.6 Å². The van der Waals surface area contributed by atoms with Crippen LogP contribution in [0.5, 0.6) is 0 Å². The first kappa shape index (κ1) is 17.0. The maximum Gasteiger partial charge on any atom is 0.351 e. The molecular formula is C20H15ClO4. The lowest BCUT2D eigenvalue weighted by atomic mass is 9.99. The average molecular weight is 355 g/mol. The molecule has 0 atom stereocenters. The van der Waals surface area contributed by atoms with Gasteiger partial charge in [-0.05, 0) is 30.7 Å². The molecule has 1 aromatic heterocycles. The molecule has 1 heterocycles. The Balaban J connectivity index is 2.27. The zero-order valence-corrected chi connectivity index (χ0v) is 14.2. The molecule has 0 N–H and O–H groups in total. The van der Waals surface area contributed by atoms with Crippen LogP contribution in [-0.2, 0) is 4.74 Å². The molecule has 5 heteroatoms. The van der Waals surface area contributed by atoms with Gasteiger partial charge in [0, 0.05) is 11.1 Å². The van der Waals surface area contributed by atoms with Crippen molar-refractivity contribution in [2.45, 2.75) is 6.92 Å². The molecule has 0 amide bonds. The van der Waals surface area contributed by atoms with Crippen LogP contribution in [0.4, 0.5) is 0 Å². The van der Waals surface area contributed by atoms with E-state index in [2.05, 4.69) is 0 Å². The molecule has 3 aromatic rings. The van der Waals surface area contributed by atoms with Gasteiger partial charge in [0.05, 0.1) is 11.6 Å². The molecule has 0 unspecified atom stereocenters. The molecule has 25 heavy (non-hydrogen) atoms. The van der Waals surface area contributed by atoms with Gasteiger partial charge in [-0.2, -0.15) is 0 Å². The van der Waals surface area contributed by atoms with Crippen LogP contribution in [0.15, 0.2) is 69.9 Å². The van der Waals surface area contributed by atoms with Gasteiger partial charge in [-0.25, -0.2) is 9.59 Å². The third-order valence-corrected chi connectivity index (χ3v) is 3.98. The summed E-state index contributed by atoms with van der Waals surface area (Å²) < 4.78 is 10.4. The fourth-order valence-electron chi connectivity index (χ4n) is 2.53. The number of rotatable bonds is 4. The van der Waals surface area contributed by atoms with E-state index in [0.717, 1.165) is 0 Å². The van der Waals surface area contributed by atoms with Crippen LogP contribution >= 0.6 is 11.6 Å². The summed E-state index contributed by atoms with van der Waals surface area (Å²) in [6.45, 7) is 1.85. The van der Waals surface area contributed by atoms with Crippen molar-refractivity contribution in [3.8, 4) is 22.5 Å². The van der Waals surface area contributed by atoms with Gasteiger partial charge in [0.25, 0.3) is 0 Å². The summed E-state index contributed by atoms with van der Waals surface area (Å²) in [5, 5.41) is 0.452. The zero-order chi connectivity index (χ0) is 17.8. The second-order valence-corrected chi connectivity index (χ2v) is 5.66. The number of hydrogen-bond acceptors (Lipinski definition) is 4. The van der Waals surface area contributed by atoms with Crippen molar-refractivity contribution in [1.29, 1.82) is 0 Å². The summed E-state index contributed by atoms with van der Waals surface area (Å²) >= 11 is 6.21. The maximum absolute atomic E-state index is 12.5. The van der Waals surface area contributed by atoms with Gasteiger partial charge in [-0.15, -0.1) is 0 Å². The molecule has 2 aromatic carbocycles. The second kappa shape index (κ2) is 7.36. The van der Waals surface area contributed by atoms with Crippen molar-refractivity contribution in [1.82, 2.24) is 0 Å². The summed E-state index contributed by atoms with van der Waals surface area (Å²) in [5.41, 5.74) is 0.865. The molecule has 0 aliphatic heterocycles. The van der Waals surface area contributed by atoms with Crippen molar-refractivity contribution < 1.29 is 13.9 Å². The first-order chi connectivity index (χ1) is 12.1. The molecule has 0 spiro atoms. The normalized spacial score (nSPS) is 10.5. The summed E-state index contributed by atoms with van der Waals surface area (Å²) in [5.74, 6) is -0.414. The van der Waals surface area contributed by atoms with Gasteiger partial charge in [0.2, 0.25) is 0 Å². The number of halogens is 1. The van der Waals surface area contributed by atoms with E-state index in [-0.39, 0.29) is 12.2 Å². The van der Waals surface area contributed by atoms with E-state index in [1.807, 2.05) is 30.3 Å². The smallest absolute Gasteiger partial charge is 0.351 e. The minimum absolute atomic E-state index is 0.121.